The second kappa shape index (κ2) is 4.56. The van der Waals surface area contributed by atoms with Gasteiger partial charge in [-0.05, 0) is 12.1 Å². The topological polar surface area (TPSA) is 80.9 Å². The summed E-state index contributed by atoms with van der Waals surface area (Å²) in [4.78, 5) is 19.4. The van der Waals surface area contributed by atoms with E-state index in [0.29, 0.717) is 0 Å². The first kappa shape index (κ1) is 11.0. The highest BCUT2D eigenvalue weighted by Crippen LogP contribution is 2.16. The molecule has 0 saturated heterocycles. The predicted molar refractivity (Wildman–Crippen MR) is 60.8 cm³/mol. The molecule has 1 aromatic heterocycles. The van der Waals surface area contributed by atoms with Gasteiger partial charge in [0.25, 0.3) is 5.91 Å². The molecule has 2 aromatic rings. The van der Waals surface area contributed by atoms with E-state index in [1.54, 1.807) is 0 Å². The summed E-state index contributed by atoms with van der Waals surface area (Å²) in [5.74, 6) is -0.875. The number of nitrogens with two attached hydrogens (primary N) is 1. The van der Waals surface area contributed by atoms with Gasteiger partial charge in [0.1, 0.15) is 5.82 Å². The van der Waals surface area contributed by atoms with Crippen LogP contribution in [0.25, 0.3) is 0 Å². The summed E-state index contributed by atoms with van der Waals surface area (Å²) in [6, 6.07) is 4.04. The second-order valence-electron chi connectivity index (χ2n) is 3.25. The molecule has 3 N–H and O–H groups in total. The Labute approximate surface area is 96.5 Å². The van der Waals surface area contributed by atoms with Gasteiger partial charge < -0.3 is 11.1 Å². The SMILES string of the molecule is Nc1c(F)cccc1C(=O)Nc1cnccn1. The van der Waals surface area contributed by atoms with Gasteiger partial charge in [0.2, 0.25) is 0 Å². The Morgan fingerprint density at radius 2 is 2.18 bits per heavy atom. The van der Waals surface area contributed by atoms with Crippen LogP contribution in [0.3, 0.4) is 0 Å². The van der Waals surface area contributed by atoms with Crippen molar-refractivity contribution in [1.29, 1.82) is 0 Å². The van der Waals surface area contributed by atoms with E-state index in [4.69, 9.17) is 5.73 Å². The van der Waals surface area contributed by atoms with Gasteiger partial charge in [-0.25, -0.2) is 9.37 Å². The molecule has 0 unspecified atom stereocenters. The Morgan fingerprint density at radius 1 is 1.35 bits per heavy atom. The van der Waals surface area contributed by atoms with Crippen molar-refractivity contribution in [3.05, 3.63) is 48.2 Å². The lowest BCUT2D eigenvalue weighted by molar-refractivity contribution is 0.102. The van der Waals surface area contributed by atoms with E-state index in [1.807, 2.05) is 0 Å². The largest absolute Gasteiger partial charge is 0.396 e. The molecule has 5 nitrogen and oxygen atoms in total. The van der Waals surface area contributed by atoms with E-state index in [-0.39, 0.29) is 17.1 Å². The highest BCUT2D eigenvalue weighted by atomic mass is 19.1. The molecule has 1 heterocycles. The van der Waals surface area contributed by atoms with Gasteiger partial charge in [0.05, 0.1) is 17.4 Å². The highest BCUT2D eigenvalue weighted by molar-refractivity contribution is 6.07. The molecule has 0 fully saturated rings. The molecule has 6 heteroatoms. The van der Waals surface area contributed by atoms with E-state index in [1.165, 1.54) is 36.8 Å². The number of carbonyl (C=O) groups excluding carboxylic acids is 1. The average Bonchev–Trinajstić information content (AvgIpc) is 2.34. The van der Waals surface area contributed by atoms with Crippen molar-refractivity contribution in [2.24, 2.45) is 0 Å². The van der Waals surface area contributed by atoms with Gasteiger partial charge in [-0.3, -0.25) is 9.78 Å². The molecule has 1 aromatic carbocycles. The maximum absolute atomic E-state index is 13.1. The Morgan fingerprint density at radius 3 is 2.88 bits per heavy atom. The van der Waals surface area contributed by atoms with Crippen LogP contribution < -0.4 is 11.1 Å². The monoisotopic (exact) mass is 232 g/mol. The van der Waals surface area contributed by atoms with Crippen LogP contribution in [0.1, 0.15) is 10.4 Å². The Bertz CT molecular complexity index is 544. The first-order valence-electron chi connectivity index (χ1n) is 4.80. The summed E-state index contributed by atoms with van der Waals surface area (Å²) < 4.78 is 13.1. The molecule has 0 radical (unpaired) electrons. The minimum absolute atomic E-state index is 0.0654. The molecular formula is C11H9FN4O. The zero-order chi connectivity index (χ0) is 12.3. The summed E-state index contributed by atoms with van der Waals surface area (Å²) in [5.41, 5.74) is 5.34. The van der Waals surface area contributed by atoms with Crippen LogP contribution in [0.4, 0.5) is 15.9 Å². The van der Waals surface area contributed by atoms with Crippen molar-refractivity contribution < 1.29 is 9.18 Å². The van der Waals surface area contributed by atoms with Crippen LogP contribution in [-0.2, 0) is 0 Å². The number of halogens is 1. The minimum Gasteiger partial charge on any atom is -0.396 e. The molecule has 17 heavy (non-hydrogen) atoms. The van der Waals surface area contributed by atoms with Crippen molar-refractivity contribution in [3.8, 4) is 0 Å². The predicted octanol–water partition coefficient (Wildman–Crippen LogP) is 1.45. The normalized spacial score (nSPS) is 9.94. The molecule has 2 rings (SSSR count). The molecule has 0 saturated carbocycles. The lowest BCUT2D eigenvalue weighted by Crippen LogP contribution is -2.15. The third-order valence-electron chi connectivity index (χ3n) is 2.10. The summed E-state index contributed by atoms with van der Waals surface area (Å²) in [6.07, 6.45) is 4.30. The van der Waals surface area contributed by atoms with E-state index in [2.05, 4.69) is 15.3 Å². The van der Waals surface area contributed by atoms with Crippen LogP contribution in [0, 0.1) is 5.82 Å². The zero-order valence-electron chi connectivity index (χ0n) is 8.72. The van der Waals surface area contributed by atoms with Crippen LogP contribution >= 0.6 is 0 Å². The van der Waals surface area contributed by atoms with Crippen molar-refractivity contribution in [2.45, 2.75) is 0 Å². The van der Waals surface area contributed by atoms with Crippen LogP contribution in [0.2, 0.25) is 0 Å². The number of benzene rings is 1. The van der Waals surface area contributed by atoms with Crippen molar-refractivity contribution in [1.82, 2.24) is 9.97 Å². The van der Waals surface area contributed by atoms with Crippen LogP contribution in [-0.4, -0.2) is 15.9 Å². The van der Waals surface area contributed by atoms with Gasteiger partial charge in [0, 0.05) is 12.4 Å². The molecule has 0 spiro atoms. The molecule has 1 amide bonds. The second-order valence-corrected chi connectivity index (χ2v) is 3.25. The number of amides is 1. The number of nitrogen functional groups attached to an aromatic ring is 1. The van der Waals surface area contributed by atoms with Crippen molar-refractivity contribution >= 4 is 17.4 Å². The van der Waals surface area contributed by atoms with Crippen molar-refractivity contribution in [2.75, 3.05) is 11.1 Å². The lowest BCUT2D eigenvalue weighted by Gasteiger charge is -2.06. The Kier molecular flexibility index (Phi) is 2.95. The third kappa shape index (κ3) is 2.36. The van der Waals surface area contributed by atoms with Gasteiger partial charge in [-0.1, -0.05) is 6.07 Å². The summed E-state index contributed by atoms with van der Waals surface area (Å²) in [7, 11) is 0. The molecular weight excluding hydrogens is 223 g/mol. The van der Waals surface area contributed by atoms with E-state index >= 15 is 0 Å². The smallest absolute Gasteiger partial charge is 0.259 e. The van der Waals surface area contributed by atoms with Crippen LogP contribution in [0.5, 0.6) is 0 Å². The summed E-state index contributed by atoms with van der Waals surface area (Å²) in [6.45, 7) is 0. The quantitative estimate of drug-likeness (QED) is 0.768. The van der Waals surface area contributed by atoms with Crippen molar-refractivity contribution in [3.63, 3.8) is 0 Å². The number of nitrogens with one attached hydrogen (secondary N) is 1. The number of nitrogens with zero attached hydrogens (tertiary/aromatic N) is 2. The van der Waals surface area contributed by atoms with Crippen LogP contribution in [0.15, 0.2) is 36.8 Å². The highest BCUT2D eigenvalue weighted by Gasteiger charge is 2.12. The van der Waals surface area contributed by atoms with E-state index in [9.17, 15) is 9.18 Å². The maximum atomic E-state index is 13.1. The standard InChI is InChI=1S/C11H9FN4O/c12-8-3-1-2-7(10(8)13)11(17)16-9-6-14-4-5-15-9/h1-6H,13H2,(H,15,16,17). The molecule has 0 atom stereocenters. The Hall–Kier alpha value is -2.50. The fraction of sp³-hybridized carbons (Fsp3) is 0. The van der Waals surface area contributed by atoms with Gasteiger partial charge in [-0.15, -0.1) is 0 Å². The molecule has 0 aliphatic rings. The number of aromatic nitrogens is 2. The molecule has 0 aliphatic heterocycles. The lowest BCUT2D eigenvalue weighted by atomic mass is 10.1. The van der Waals surface area contributed by atoms with E-state index in [0.717, 1.165) is 0 Å². The molecule has 86 valence electrons. The van der Waals surface area contributed by atoms with Gasteiger partial charge in [-0.2, -0.15) is 0 Å². The number of carbonyl (C=O) groups is 1. The first-order valence-corrected chi connectivity index (χ1v) is 4.80. The zero-order valence-corrected chi connectivity index (χ0v) is 8.72. The first-order chi connectivity index (χ1) is 8.18. The Balaban J connectivity index is 2.24. The van der Waals surface area contributed by atoms with Gasteiger partial charge >= 0.3 is 0 Å². The number of hydrogen-bond donors (Lipinski definition) is 2. The molecule has 0 bridgehead atoms. The number of anilines is 2. The number of para-hydroxylation sites is 1. The maximum Gasteiger partial charge on any atom is 0.259 e. The minimum atomic E-state index is -0.628. The average molecular weight is 232 g/mol. The third-order valence-corrected chi connectivity index (χ3v) is 2.10. The molecule has 0 aliphatic carbocycles. The fourth-order valence-electron chi connectivity index (χ4n) is 1.28. The summed E-state index contributed by atoms with van der Waals surface area (Å²) >= 11 is 0. The number of rotatable bonds is 2. The number of hydrogen-bond acceptors (Lipinski definition) is 4. The summed E-state index contributed by atoms with van der Waals surface area (Å²) in [5, 5.41) is 2.47. The fourth-order valence-corrected chi connectivity index (χ4v) is 1.28. The van der Waals surface area contributed by atoms with Gasteiger partial charge in [0.15, 0.2) is 5.82 Å². The van der Waals surface area contributed by atoms with E-state index < -0.39 is 11.7 Å².